The van der Waals surface area contributed by atoms with E-state index in [0.29, 0.717) is 0 Å². The zero-order valence-corrected chi connectivity index (χ0v) is 11.2. The van der Waals surface area contributed by atoms with Gasteiger partial charge in [0.2, 0.25) is 0 Å². The highest BCUT2D eigenvalue weighted by molar-refractivity contribution is 7.98. The molecule has 0 N–H and O–H groups in total. The molecule has 0 atom stereocenters. The molecule has 4 heteroatoms. The Labute approximate surface area is 101 Å². The molecular weight excluding hydrogens is 218 g/mol. The van der Waals surface area contributed by atoms with Crippen LogP contribution < -0.4 is 0 Å². The maximum absolute atomic E-state index is 4.32. The number of aryl methyl sites for hydroxylation is 1. The zero-order valence-electron chi connectivity index (χ0n) is 10.4. The summed E-state index contributed by atoms with van der Waals surface area (Å²) in [5, 5.41) is 4.31. The van der Waals surface area contributed by atoms with E-state index in [-0.39, 0.29) is 0 Å². The van der Waals surface area contributed by atoms with E-state index < -0.39 is 0 Å². The smallest absolute Gasteiger partial charge is 0.108 e. The van der Waals surface area contributed by atoms with Crippen LogP contribution >= 0.6 is 11.8 Å². The third-order valence-electron chi connectivity index (χ3n) is 2.05. The van der Waals surface area contributed by atoms with Crippen LogP contribution in [0.1, 0.15) is 26.3 Å². The minimum absolute atomic E-state index is 0.908. The number of aromatic nitrogens is 3. The molecule has 0 fully saturated rings. The monoisotopic (exact) mass is 237 g/mol. The van der Waals surface area contributed by atoms with Gasteiger partial charge in [-0.1, -0.05) is 20.8 Å². The van der Waals surface area contributed by atoms with Crippen molar-refractivity contribution in [3.8, 4) is 0 Å². The first kappa shape index (κ1) is 13.0. The molecular formula is C12H19N3S. The first-order valence-corrected chi connectivity index (χ1v) is 6.82. The van der Waals surface area contributed by atoms with Gasteiger partial charge in [-0.05, 0) is 24.3 Å². The van der Waals surface area contributed by atoms with E-state index in [1.54, 1.807) is 0 Å². The van der Waals surface area contributed by atoms with E-state index in [9.17, 15) is 0 Å². The van der Waals surface area contributed by atoms with Gasteiger partial charge in [-0.2, -0.15) is 5.10 Å². The van der Waals surface area contributed by atoms with E-state index >= 15 is 0 Å². The molecule has 0 aliphatic rings. The minimum atomic E-state index is 0.908. The summed E-state index contributed by atoms with van der Waals surface area (Å²) in [6.07, 6.45) is 3.70. The lowest BCUT2D eigenvalue weighted by Gasteiger charge is -2.01. The van der Waals surface area contributed by atoms with Gasteiger partial charge < -0.3 is 0 Å². The highest BCUT2D eigenvalue weighted by atomic mass is 32.2. The van der Waals surface area contributed by atoms with Crippen LogP contribution in [0.4, 0.5) is 0 Å². The van der Waals surface area contributed by atoms with Crippen molar-refractivity contribution < 1.29 is 0 Å². The summed E-state index contributed by atoms with van der Waals surface area (Å²) in [5.74, 6) is 2.02. The van der Waals surface area contributed by atoms with Crippen molar-refractivity contribution >= 4 is 22.8 Å². The molecule has 16 heavy (non-hydrogen) atoms. The molecule has 0 aliphatic carbocycles. The average molecular weight is 237 g/mol. The average Bonchev–Trinajstić information content (AvgIpc) is 2.71. The van der Waals surface area contributed by atoms with Crippen molar-refractivity contribution in [3.05, 3.63) is 24.0 Å². The predicted molar refractivity (Wildman–Crippen MR) is 71.7 cm³/mol. The molecule has 0 unspecified atom stereocenters. The maximum atomic E-state index is 4.32. The summed E-state index contributed by atoms with van der Waals surface area (Å²) in [6, 6.07) is 2.13. The predicted octanol–water partition coefficient (Wildman–Crippen LogP) is 3.48. The topological polar surface area (TPSA) is 30.7 Å². The molecule has 0 aromatic carbocycles. The lowest BCUT2D eigenvalue weighted by atomic mass is 10.3. The summed E-state index contributed by atoms with van der Waals surface area (Å²) in [7, 11) is 0. The molecule has 2 heterocycles. The van der Waals surface area contributed by atoms with Gasteiger partial charge >= 0.3 is 0 Å². The molecule has 2 aromatic rings. The van der Waals surface area contributed by atoms with Gasteiger partial charge in [-0.3, -0.25) is 9.67 Å². The van der Waals surface area contributed by atoms with Crippen LogP contribution in [0.2, 0.25) is 0 Å². The zero-order chi connectivity index (χ0) is 12.0. The van der Waals surface area contributed by atoms with Crippen LogP contribution in [-0.4, -0.2) is 20.5 Å². The summed E-state index contributed by atoms with van der Waals surface area (Å²) in [4.78, 5) is 4.32. The number of fused-ring (bicyclic) bond motifs is 1. The van der Waals surface area contributed by atoms with Crippen molar-refractivity contribution in [1.29, 1.82) is 0 Å². The number of thioether (sulfide) groups is 1. The van der Waals surface area contributed by atoms with E-state index in [1.165, 1.54) is 5.56 Å². The number of rotatable bonds is 3. The SMILES string of the molecule is CC.CCSCn1ncc2ncc(C)cc21. The summed E-state index contributed by atoms with van der Waals surface area (Å²) in [6.45, 7) is 8.20. The third kappa shape index (κ3) is 2.98. The third-order valence-corrected chi connectivity index (χ3v) is 2.88. The van der Waals surface area contributed by atoms with E-state index in [1.807, 2.05) is 42.7 Å². The molecule has 88 valence electrons. The highest BCUT2D eigenvalue weighted by Gasteiger charge is 2.02. The summed E-state index contributed by atoms with van der Waals surface area (Å²) < 4.78 is 2.00. The fraction of sp³-hybridized carbons (Fsp3) is 0.500. The first-order valence-electron chi connectivity index (χ1n) is 5.67. The van der Waals surface area contributed by atoms with E-state index in [4.69, 9.17) is 0 Å². The molecule has 3 nitrogen and oxygen atoms in total. The van der Waals surface area contributed by atoms with Gasteiger partial charge in [0, 0.05) is 6.20 Å². The Kier molecular flexibility index (Phi) is 5.32. The van der Waals surface area contributed by atoms with Crippen LogP contribution in [-0.2, 0) is 5.88 Å². The lowest BCUT2D eigenvalue weighted by Crippen LogP contribution is -1.96. The van der Waals surface area contributed by atoms with Gasteiger partial charge in [-0.15, -0.1) is 11.8 Å². The van der Waals surface area contributed by atoms with Gasteiger partial charge in [0.15, 0.2) is 0 Å². The first-order chi connectivity index (χ1) is 7.81. The van der Waals surface area contributed by atoms with Gasteiger partial charge in [-0.25, -0.2) is 0 Å². The van der Waals surface area contributed by atoms with Crippen molar-refractivity contribution in [2.24, 2.45) is 0 Å². The van der Waals surface area contributed by atoms with Crippen molar-refractivity contribution in [2.45, 2.75) is 33.6 Å². The van der Waals surface area contributed by atoms with Crippen LogP contribution in [0.3, 0.4) is 0 Å². The fourth-order valence-electron chi connectivity index (χ4n) is 1.34. The Hall–Kier alpha value is -1.03. The molecule has 0 saturated carbocycles. The molecule has 0 radical (unpaired) electrons. The van der Waals surface area contributed by atoms with E-state index in [2.05, 4.69) is 30.0 Å². The van der Waals surface area contributed by atoms with Crippen molar-refractivity contribution in [2.75, 3.05) is 5.75 Å². The molecule has 0 bridgehead atoms. The van der Waals surface area contributed by atoms with Crippen LogP contribution in [0, 0.1) is 6.92 Å². The highest BCUT2D eigenvalue weighted by Crippen LogP contribution is 2.15. The minimum Gasteiger partial charge on any atom is -0.253 e. The molecule has 0 spiro atoms. The molecule has 2 aromatic heterocycles. The van der Waals surface area contributed by atoms with Gasteiger partial charge in [0.25, 0.3) is 0 Å². The number of nitrogens with zero attached hydrogens (tertiary/aromatic N) is 3. The fourth-order valence-corrected chi connectivity index (χ4v) is 1.90. The van der Waals surface area contributed by atoms with Crippen LogP contribution in [0.25, 0.3) is 11.0 Å². The summed E-state index contributed by atoms with van der Waals surface area (Å²) in [5.41, 5.74) is 3.29. The molecule has 0 saturated heterocycles. The Morgan fingerprint density at radius 2 is 2.06 bits per heavy atom. The van der Waals surface area contributed by atoms with Gasteiger partial charge in [0.05, 0.1) is 17.6 Å². The standard InChI is InChI=1S/C10H13N3S.C2H6/c1-3-14-7-13-10-4-8(2)5-11-9(10)6-12-13;1-2/h4-6H,3,7H2,1-2H3;1-2H3. The lowest BCUT2D eigenvalue weighted by molar-refractivity contribution is 0.779. The quantitative estimate of drug-likeness (QED) is 0.819. The Bertz CT molecular complexity index is 437. The second-order valence-electron chi connectivity index (χ2n) is 3.18. The maximum Gasteiger partial charge on any atom is 0.108 e. The molecule has 0 aliphatic heterocycles. The Morgan fingerprint density at radius 3 is 2.75 bits per heavy atom. The van der Waals surface area contributed by atoms with Crippen LogP contribution in [0.5, 0.6) is 0 Å². The number of pyridine rings is 1. The normalized spacial score (nSPS) is 10.0. The Morgan fingerprint density at radius 1 is 1.31 bits per heavy atom. The second-order valence-corrected chi connectivity index (χ2v) is 4.43. The Balaban J connectivity index is 0.000000606. The van der Waals surface area contributed by atoms with Crippen molar-refractivity contribution in [1.82, 2.24) is 14.8 Å². The molecule has 0 amide bonds. The number of hydrogen-bond acceptors (Lipinski definition) is 3. The van der Waals surface area contributed by atoms with Gasteiger partial charge in [0.1, 0.15) is 5.52 Å². The van der Waals surface area contributed by atoms with Crippen molar-refractivity contribution in [3.63, 3.8) is 0 Å². The largest absolute Gasteiger partial charge is 0.253 e. The number of hydrogen-bond donors (Lipinski definition) is 0. The summed E-state index contributed by atoms with van der Waals surface area (Å²) >= 11 is 1.86. The molecule has 2 rings (SSSR count). The van der Waals surface area contributed by atoms with Crippen LogP contribution in [0.15, 0.2) is 18.5 Å². The second kappa shape index (κ2) is 6.53. The van der Waals surface area contributed by atoms with E-state index in [0.717, 1.165) is 22.7 Å².